The smallest absolute Gasteiger partial charge is 0.239 e. The minimum Gasteiger partial charge on any atom is -0.310 e. The summed E-state index contributed by atoms with van der Waals surface area (Å²) in [5.74, 6) is 0.599. The van der Waals surface area contributed by atoms with E-state index in [-0.39, 0.29) is 5.91 Å². The van der Waals surface area contributed by atoms with E-state index in [0.29, 0.717) is 12.4 Å². The van der Waals surface area contributed by atoms with Crippen molar-refractivity contribution in [3.8, 4) is 11.1 Å². The lowest BCUT2D eigenvalue weighted by atomic mass is 10.1. The Morgan fingerprint density at radius 3 is 2.73 bits per heavy atom. The second-order valence-electron chi connectivity index (χ2n) is 6.75. The highest BCUT2D eigenvalue weighted by Crippen LogP contribution is 2.25. The lowest BCUT2D eigenvalue weighted by Gasteiger charge is -2.14. The molecule has 1 N–H and O–H groups in total. The van der Waals surface area contributed by atoms with Crippen LogP contribution >= 0.6 is 0 Å². The quantitative estimate of drug-likeness (QED) is 0.768. The van der Waals surface area contributed by atoms with Gasteiger partial charge >= 0.3 is 0 Å². The van der Waals surface area contributed by atoms with Gasteiger partial charge in [-0.05, 0) is 55.9 Å². The van der Waals surface area contributed by atoms with E-state index in [4.69, 9.17) is 0 Å². The number of hydrogen-bond donors (Lipinski definition) is 1. The number of nitrogens with zero attached hydrogens (tertiary/aromatic N) is 4. The largest absolute Gasteiger partial charge is 0.310 e. The molecule has 26 heavy (non-hydrogen) atoms. The highest BCUT2D eigenvalue weighted by molar-refractivity contribution is 5.94. The standard InChI is InChI=1S/C20H23N5O/c1-2-25-13-18(12-22-25)15-5-6-16-11-21-19(10-17(16)9-15)23-20(26)14-24-7-3-4-8-24/h5-6,9-13H,2-4,7-8,14H2,1H3,(H,21,23,26). The summed E-state index contributed by atoms with van der Waals surface area (Å²) in [5.41, 5.74) is 2.20. The molecule has 0 saturated carbocycles. The Morgan fingerprint density at radius 1 is 1.12 bits per heavy atom. The van der Waals surface area contributed by atoms with Gasteiger partial charge in [0.05, 0.1) is 12.7 Å². The molecule has 1 aliphatic rings. The van der Waals surface area contributed by atoms with Crippen molar-refractivity contribution in [2.75, 3.05) is 25.0 Å². The summed E-state index contributed by atoms with van der Waals surface area (Å²) in [6.45, 7) is 5.38. The van der Waals surface area contributed by atoms with Crippen LogP contribution in [0.15, 0.2) is 42.9 Å². The molecule has 3 heterocycles. The monoisotopic (exact) mass is 349 g/mol. The summed E-state index contributed by atoms with van der Waals surface area (Å²) in [4.78, 5) is 18.8. The van der Waals surface area contributed by atoms with Crippen molar-refractivity contribution in [1.82, 2.24) is 19.7 Å². The SMILES string of the molecule is CCn1cc(-c2ccc3cnc(NC(=O)CN4CCCC4)cc3c2)cn1. The average Bonchev–Trinajstić information content (AvgIpc) is 3.32. The number of aryl methyl sites for hydroxylation is 1. The third-order valence-corrected chi connectivity index (χ3v) is 4.85. The summed E-state index contributed by atoms with van der Waals surface area (Å²) < 4.78 is 1.91. The molecule has 134 valence electrons. The van der Waals surface area contributed by atoms with Crippen molar-refractivity contribution in [3.05, 3.63) is 42.9 Å². The molecule has 2 aromatic heterocycles. The summed E-state index contributed by atoms with van der Waals surface area (Å²) >= 11 is 0. The van der Waals surface area contributed by atoms with Crippen molar-refractivity contribution in [1.29, 1.82) is 0 Å². The number of anilines is 1. The zero-order valence-corrected chi connectivity index (χ0v) is 15.0. The van der Waals surface area contributed by atoms with E-state index in [1.54, 1.807) is 6.20 Å². The minimum absolute atomic E-state index is 0.000809. The molecule has 0 aliphatic carbocycles. The molecule has 1 aliphatic heterocycles. The summed E-state index contributed by atoms with van der Waals surface area (Å²) in [7, 11) is 0. The van der Waals surface area contributed by atoms with Gasteiger partial charge in [-0.2, -0.15) is 5.10 Å². The van der Waals surface area contributed by atoms with Gasteiger partial charge in [0.15, 0.2) is 0 Å². The van der Waals surface area contributed by atoms with E-state index in [1.165, 1.54) is 12.8 Å². The Balaban J connectivity index is 1.54. The maximum Gasteiger partial charge on any atom is 0.239 e. The van der Waals surface area contributed by atoms with Crippen molar-refractivity contribution in [2.24, 2.45) is 0 Å². The number of carbonyl (C=O) groups is 1. The number of hydrogen-bond acceptors (Lipinski definition) is 4. The maximum atomic E-state index is 12.2. The lowest BCUT2D eigenvalue weighted by molar-refractivity contribution is -0.117. The zero-order valence-electron chi connectivity index (χ0n) is 15.0. The van der Waals surface area contributed by atoms with Crippen LogP contribution in [0.3, 0.4) is 0 Å². The topological polar surface area (TPSA) is 63.1 Å². The van der Waals surface area contributed by atoms with Gasteiger partial charge < -0.3 is 5.32 Å². The highest BCUT2D eigenvalue weighted by atomic mass is 16.2. The van der Waals surface area contributed by atoms with Crippen LogP contribution in [0.25, 0.3) is 21.9 Å². The molecule has 0 radical (unpaired) electrons. The van der Waals surface area contributed by atoms with Crippen molar-refractivity contribution in [3.63, 3.8) is 0 Å². The molecular weight excluding hydrogens is 326 g/mol. The van der Waals surface area contributed by atoms with E-state index < -0.39 is 0 Å². The predicted molar refractivity (Wildman–Crippen MR) is 103 cm³/mol. The van der Waals surface area contributed by atoms with Gasteiger partial charge in [-0.3, -0.25) is 14.4 Å². The predicted octanol–water partition coefficient (Wildman–Crippen LogP) is 3.15. The summed E-state index contributed by atoms with van der Waals surface area (Å²) in [6.07, 6.45) is 8.09. The number of amides is 1. The van der Waals surface area contributed by atoms with Crippen LogP contribution in [-0.4, -0.2) is 45.2 Å². The molecular formula is C20H23N5O. The number of pyridine rings is 1. The first-order valence-electron chi connectivity index (χ1n) is 9.16. The van der Waals surface area contributed by atoms with Gasteiger partial charge in [0.2, 0.25) is 5.91 Å². The minimum atomic E-state index is -0.000809. The first-order valence-corrected chi connectivity index (χ1v) is 9.16. The third kappa shape index (κ3) is 3.60. The third-order valence-electron chi connectivity index (χ3n) is 4.85. The van der Waals surface area contributed by atoms with Crippen molar-refractivity contribution < 1.29 is 4.79 Å². The van der Waals surface area contributed by atoms with Gasteiger partial charge in [-0.25, -0.2) is 4.98 Å². The summed E-state index contributed by atoms with van der Waals surface area (Å²) in [5, 5.41) is 9.37. The molecule has 0 unspecified atom stereocenters. The average molecular weight is 349 g/mol. The van der Waals surface area contributed by atoms with Gasteiger partial charge in [-0.15, -0.1) is 0 Å². The fraction of sp³-hybridized carbons (Fsp3) is 0.350. The number of benzene rings is 1. The highest BCUT2D eigenvalue weighted by Gasteiger charge is 2.15. The van der Waals surface area contributed by atoms with Crippen LogP contribution in [-0.2, 0) is 11.3 Å². The van der Waals surface area contributed by atoms with E-state index >= 15 is 0 Å². The van der Waals surface area contributed by atoms with Crippen LogP contribution in [0.4, 0.5) is 5.82 Å². The van der Waals surface area contributed by atoms with Crippen LogP contribution in [0.2, 0.25) is 0 Å². The van der Waals surface area contributed by atoms with Gasteiger partial charge in [0, 0.05) is 29.9 Å². The van der Waals surface area contributed by atoms with Gasteiger partial charge in [-0.1, -0.05) is 12.1 Å². The first-order chi connectivity index (χ1) is 12.7. The number of fused-ring (bicyclic) bond motifs is 1. The Morgan fingerprint density at radius 2 is 1.96 bits per heavy atom. The van der Waals surface area contributed by atoms with Crippen LogP contribution in [0, 0.1) is 0 Å². The van der Waals surface area contributed by atoms with E-state index in [2.05, 4.69) is 45.4 Å². The van der Waals surface area contributed by atoms with E-state index in [1.807, 2.05) is 23.1 Å². The van der Waals surface area contributed by atoms with Crippen molar-refractivity contribution in [2.45, 2.75) is 26.3 Å². The van der Waals surface area contributed by atoms with Gasteiger partial charge in [0.1, 0.15) is 5.82 Å². The van der Waals surface area contributed by atoms with Crippen LogP contribution < -0.4 is 5.32 Å². The normalized spacial score (nSPS) is 14.8. The Labute approximate surface area is 152 Å². The van der Waals surface area contributed by atoms with Crippen LogP contribution in [0.5, 0.6) is 0 Å². The van der Waals surface area contributed by atoms with Crippen molar-refractivity contribution >= 4 is 22.5 Å². The zero-order chi connectivity index (χ0) is 17.9. The number of likely N-dealkylation sites (tertiary alicyclic amines) is 1. The molecule has 1 saturated heterocycles. The van der Waals surface area contributed by atoms with Gasteiger partial charge in [0.25, 0.3) is 0 Å². The molecule has 6 heteroatoms. The molecule has 1 amide bonds. The number of nitrogens with one attached hydrogen (secondary N) is 1. The second kappa shape index (κ2) is 7.25. The first kappa shape index (κ1) is 16.7. The fourth-order valence-electron chi connectivity index (χ4n) is 3.40. The number of rotatable bonds is 5. The lowest BCUT2D eigenvalue weighted by Crippen LogP contribution is -2.31. The van der Waals surface area contributed by atoms with E-state index in [0.717, 1.165) is 41.5 Å². The molecule has 6 nitrogen and oxygen atoms in total. The number of carbonyl (C=O) groups excluding carboxylic acids is 1. The summed E-state index contributed by atoms with van der Waals surface area (Å²) in [6, 6.07) is 8.18. The molecule has 1 aromatic carbocycles. The second-order valence-corrected chi connectivity index (χ2v) is 6.75. The molecule has 0 spiro atoms. The maximum absolute atomic E-state index is 12.2. The Kier molecular flexibility index (Phi) is 4.67. The molecule has 4 rings (SSSR count). The van der Waals surface area contributed by atoms with E-state index in [9.17, 15) is 4.79 Å². The Bertz CT molecular complexity index is 927. The molecule has 0 atom stereocenters. The molecule has 0 bridgehead atoms. The fourth-order valence-corrected chi connectivity index (χ4v) is 3.40. The molecule has 3 aromatic rings. The molecule has 1 fully saturated rings. The number of aromatic nitrogens is 3. The van der Waals surface area contributed by atoms with Crippen LogP contribution in [0.1, 0.15) is 19.8 Å². The Hall–Kier alpha value is -2.73.